The first-order valence-electron chi connectivity index (χ1n) is 6.78. The third kappa shape index (κ3) is 1.69. The molecule has 22 heavy (non-hydrogen) atoms. The number of nitrogen functional groups attached to an aromatic ring is 1. The average Bonchev–Trinajstić information content (AvgIpc) is 2.95. The van der Waals surface area contributed by atoms with Crippen LogP contribution < -0.4 is 15.8 Å². The summed E-state index contributed by atoms with van der Waals surface area (Å²) in [5.41, 5.74) is 8.14. The topological polar surface area (TPSA) is 93.0 Å². The van der Waals surface area contributed by atoms with E-state index >= 15 is 0 Å². The third-order valence-electron chi connectivity index (χ3n) is 4.21. The predicted molar refractivity (Wildman–Crippen MR) is 72.7 cm³/mol. The Labute approximate surface area is 123 Å². The molecular weight excluding hydrogens is 294 g/mol. The van der Waals surface area contributed by atoms with Gasteiger partial charge in [-0.1, -0.05) is 6.07 Å². The first kappa shape index (κ1) is 13.1. The number of nitrogens with one attached hydrogen (secondary N) is 2. The molecule has 2 unspecified atom stereocenters. The van der Waals surface area contributed by atoms with Gasteiger partial charge in [0.25, 0.3) is 5.91 Å². The molecule has 2 aromatic rings. The monoisotopic (exact) mass is 306 g/mol. The minimum absolute atomic E-state index is 0.00162. The standard InChI is InChI=1S/C14H12F2N4O2/c15-14(16)22-8-3-1-2-5-9(8)6-4-7(18-13(5)21)11-10(6)12(17)20-19-11/h1-3,6-7,14H,4H2,(H,18,21)(H3,17,19,20). The van der Waals surface area contributed by atoms with E-state index in [9.17, 15) is 13.6 Å². The number of H-pyrrole nitrogens is 1. The molecule has 1 aromatic heterocycles. The molecule has 4 N–H and O–H groups in total. The van der Waals surface area contributed by atoms with Gasteiger partial charge < -0.3 is 15.8 Å². The Bertz CT molecular complexity index is 774. The fourth-order valence-corrected chi connectivity index (χ4v) is 3.41. The van der Waals surface area contributed by atoms with Gasteiger partial charge in [-0.15, -0.1) is 0 Å². The van der Waals surface area contributed by atoms with Crippen LogP contribution >= 0.6 is 0 Å². The molecule has 114 valence electrons. The number of ether oxygens (including phenoxy) is 1. The number of alkyl halides is 2. The molecule has 1 aliphatic heterocycles. The number of fused-ring (bicyclic) bond motifs is 7. The number of carbonyl (C=O) groups excluding carboxylic acids is 1. The van der Waals surface area contributed by atoms with Crippen molar-refractivity contribution in [2.45, 2.75) is 25.0 Å². The Kier molecular flexibility index (Phi) is 2.63. The van der Waals surface area contributed by atoms with Crippen LogP contribution in [-0.2, 0) is 0 Å². The number of anilines is 1. The summed E-state index contributed by atoms with van der Waals surface area (Å²) in [6.07, 6.45) is 0.538. The van der Waals surface area contributed by atoms with Crippen molar-refractivity contribution < 1.29 is 18.3 Å². The van der Waals surface area contributed by atoms with Gasteiger partial charge in [0.1, 0.15) is 11.6 Å². The zero-order valence-corrected chi connectivity index (χ0v) is 11.3. The van der Waals surface area contributed by atoms with Gasteiger partial charge in [-0.3, -0.25) is 9.89 Å². The number of aromatic nitrogens is 2. The van der Waals surface area contributed by atoms with Crippen LogP contribution in [0.1, 0.15) is 45.6 Å². The normalized spacial score (nSPS) is 22.0. The van der Waals surface area contributed by atoms with Crippen molar-refractivity contribution in [2.24, 2.45) is 0 Å². The van der Waals surface area contributed by atoms with Crippen molar-refractivity contribution in [3.8, 4) is 5.75 Å². The van der Waals surface area contributed by atoms with Crippen LogP contribution in [-0.4, -0.2) is 22.7 Å². The van der Waals surface area contributed by atoms with Crippen LogP contribution in [0.4, 0.5) is 14.6 Å². The number of nitrogens with zero attached hydrogens (tertiary/aromatic N) is 1. The highest BCUT2D eigenvalue weighted by Crippen LogP contribution is 2.50. The summed E-state index contributed by atoms with van der Waals surface area (Å²) in [4.78, 5) is 12.3. The van der Waals surface area contributed by atoms with Gasteiger partial charge in [0.2, 0.25) is 0 Å². The molecule has 4 rings (SSSR count). The van der Waals surface area contributed by atoms with E-state index in [2.05, 4.69) is 20.3 Å². The van der Waals surface area contributed by atoms with Gasteiger partial charge in [-0.05, 0) is 18.6 Å². The first-order valence-corrected chi connectivity index (χ1v) is 6.78. The van der Waals surface area contributed by atoms with Gasteiger partial charge in [-0.25, -0.2) is 0 Å². The highest BCUT2D eigenvalue weighted by atomic mass is 19.3. The molecule has 2 heterocycles. The number of halogens is 2. The largest absolute Gasteiger partial charge is 0.434 e. The Morgan fingerprint density at radius 1 is 1.36 bits per heavy atom. The summed E-state index contributed by atoms with van der Waals surface area (Å²) >= 11 is 0. The number of hydrogen-bond donors (Lipinski definition) is 3. The van der Waals surface area contributed by atoms with Gasteiger partial charge >= 0.3 is 6.61 Å². The number of benzene rings is 1. The maximum absolute atomic E-state index is 12.7. The number of rotatable bonds is 2. The Balaban J connectivity index is 1.95. The van der Waals surface area contributed by atoms with Crippen LogP contribution in [0.3, 0.4) is 0 Å². The zero-order valence-electron chi connectivity index (χ0n) is 11.3. The molecule has 0 spiro atoms. The molecule has 2 aliphatic rings. The molecule has 0 saturated heterocycles. The molecular formula is C14H12F2N4O2. The molecule has 0 radical (unpaired) electrons. The summed E-state index contributed by atoms with van der Waals surface area (Å²) in [5, 5.41) is 9.65. The van der Waals surface area contributed by atoms with Crippen LogP contribution in [0.2, 0.25) is 0 Å². The lowest BCUT2D eigenvalue weighted by Crippen LogP contribution is -2.27. The quantitative estimate of drug-likeness (QED) is 0.790. The van der Waals surface area contributed by atoms with Crippen molar-refractivity contribution >= 4 is 11.7 Å². The lowest BCUT2D eigenvalue weighted by molar-refractivity contribution is -0.0505. The Morgan fingerprint density at radius 2 is 2.18 bits per heavy atom. The second-order valence-electron chi connectivity index (χ2n) is 5.35. The van der Waals surface area contributed by atoms with Crippen LogP contribution in [0.5, 0.6) is 5.75 Å². The molecule has 8 heteroatoms. The summed E-state index contributed by atoms with van der Waals surface area (Å²) in [5.74, 6) is -0.304. The number of amides is 1. The van der Waals surface area contributed by atoms with Gasteiger partial charge in [0.15, 0.2) is 0 Å². The van der Waals surface area contributed by atoms with Gasteiger partial charge in [-0.2, -0.15) is 13.9 Å². The van der Waals surface area contributed by atoms with Crippen LogP contribution in [0, 0.1) is 0 Å². The number of aromatic amines is 1. The smallest absolute Gasteiger partial charge is 0.387 e. The molecule has 6 nitrogen and oxygen atoms in total. The van der Waals surface area contributed by atoms with Crippen molar-refractivity contribution in [1.29, 1.82) is 0 Å². The van der Waals surface area contributed by atoms with Crippen molar-refractivity contribution in [3.63, 3.8) is 0 Å². The Morgan fingerprint density at radius 3 is 2.95 bits per heavy atom. The van der Waals surface area contributed by atoms with Crippen LogP contribution in [0.15, 0.2) is 18.2 Å². The second kappa shape index (κ2) is 4.43. The maximum Gasteiger partial charge on any atom is 0.387 e. The van der Waals surface area contributed by atoms with E-state index in [1.165, 1.54) is 12.1 Å². The molecule has 0 saturated carbocycles. The zero-order chi connectivity index (χ0) is 15.4. The highest BCUT2D eigenvalue weighted by Gasteiger charge is 2.43. The Hall–Kier alpha value is -2.64. The number of hydrogen-bond acceptors (Lipinski definition) is 4. The van der Waals surface area contributed by atoms with Gasteiger partial charge in [0.05, 0.1) is 11.7 Å². The summed E-state index contributed by atoms with van der Waals surface area (Å²) in [6, 6.07) is 4.30. The number of nitrogens with two attached hydrogens (primary N) is 1. The molecule has 2 bridgehead atoms. The van der Waals surface area contributed by atoms with E-state index < -0.39 is 6.61 Å². The summed E-state index contributed by atoms with van der Waals surface area (Å²) < 4.78 is 30.0. The average molecular weight is 306 g/mol. The van der Waals surface area contributed by atoms with Crippen LogP contribution in [0.25, 0.3) is 0 Å². The second-order valence-corrected chi connectivity index (χ2v) is 5.35. The lowest BCUT2D eigenvalue weighted by atomic mass is 9.89. The van der Waals surface area contributed by atoms with Crippen molar-refractivity contribution in [1.82, 2.24) is 15.5 Å². The predicted octanol–water partition coefficient (Wildman–Crippen LogP) is 1.91. The summed E-state index contributed by atoms with van der Waals surface area (Å²) in [6.45, 7) is -2.96. The van der Waals surface area contributed by atoms with E-state index in [0.29, 0.717) is 23.4 Å². The molecule has 1 amide bonds. The first-order chi connectivity index (χ1) is 10.6. The van der Waals surface area contributed by atoms with E-state index in [1.807, 2.05) is 0 Å². The SMILES string of the molecule is Nc1n[nH]c2c1C1CC2NC(=O)c2cccc(OC(F)F)c21. The summed E-state index contributed by atoms with van der Waals surface area (Å²) in [7, 11) is 0. The van der Waals surface area contributed by atoms with E-state index in [-0.39, 0.29) is 23.6 Å². The molecule has 2 atom stereocenters. The molecule has 1 aliphatic carbocycles. The lowest BCUT2D eigenvalue weighted by Gasteiger charge is -2.18. The van der Waals surface area contributed by atoms with E-state index in [1.54, 1.807) is 6.07 Å². The third-order valence-corrected chi connectivity index (χ3v) is 4.21. The fraction of sp³-hybridized carbons (Fsp3) is 0.286. The van der Waals surface area contributed by atoms with Gasteiger partial charge in [0, 0.05) is 22.6 Å². The van der Waals surface area contributed by atoms with Crippen molar-refractivity contribution in [3.05, 3.63) is 40.6 Å². The molecule has 1 aromatic carbocycles. The highest BCUT2D eigenvalue weighted by molar-refractivity contribution is 5.98. The maximum atomic E-state index is 12.7. The van der Waals surface area contributed by atoms with E-state index in [0.717, 1.165) is 11.3 Å². The number of carbonyl (C=O) groups is 1. The fourth-order valence-electron chi connectivity index (χ4n) is 3.41. The minimum atomic E-state index is -2.96. The molecule has 0 fully saturated rings. The van der Waals surface area contributed by atoms with Crippen molar-refractivity contribution in [2.75, 3.05) is 5.73 Å². The minimum Gasteiger partial charge on any atom is -0.434 e. The van der Waals surface area contributed by atoms with E-state index in [4.69, 9.17) is 5.73 Å².